The van der Waals surface area contributed by atoms with Crippen molar-refractivity contribution in [2.45, 2.75) is 6.42 Å². The van der Waals surface area contributed by atoms with Gasteiger partial charge in [0.15, 0.2) is 12.3 Å². The van der Waals surface area contributed by atoms with E-state index >= 15 is 0 Å². The molecule has 9 heteroatoms. The number of rotatable bonds is 7. The Labute approximate surface area is 189 Å². The van der Waals surface area contributed by atoms with Crippen LogP contribution in [0.4, 0.5) is 5.82 Å². The Morgan fingerprint density at radius 2 is 1.85 bits per heavy atom. The van der Waals surface area contributed by atoms with E-state index in [2.05, 4.69) is 22.4 Å². The molecule has 9 nitrogen and oxygen atoms in total. The van der Waals surface area contributed by atoms with Gasteiger partial charge in [-0.15, -0.1) is 0 Å². The van der Waals surface area contributed by atoms with Gasteiger partial charge in [0.25, 0.3) is 5.91 Å². The number of aliphatic hydroxyl groups is 1. The van der Waals surface area contributed by atoms with Crippen molar-refractivity contribution < 1.29 is 14.6 Å². The maximum atomic E-state index is 11.8. The molecule has 0 saturated heterocycles. The summed E-state index contributed by atoms with van der Waals surface area (Å²) in [5.41, 5.74) is 9.55. The fraction of sp³-hybridized carbons (Fsp3) is 0.167. The molecule has 0 radical (unpaired) electrons. The molecule has 0 aliphatic rings. The van der Waals surface area contributed by atoms with Gasteiger partial charge in [-0.25, -0.2) is 4.98 Å². The van der Waals surface area contributed by atoms with E-state index in [4.69, 9.17) is 15.6 Å². The number of nitrogens with zero attached hydrogens (tertiary/aromatic N) is 4. The number of aliphatic hydroxyl groups excluding tert-OH is 1. The highest BCUT2D eigenvalue weighted by Crippen LogP contribution is 2.36. The van der Waals surface area contributed by atoms with Gasteiger partial charge < -0.3 is 20.9 Å². The molecule has 0 aliphatic carbocycles. The van der Waals surface area contributed by atoms with Crippen molar-refractivity contribution in [3.8, 4) is 29.0 Å². The van der Waals surface area contributed by atoms with Crippen LogP contribution in [0, 0.1) is 22.7 Å². The van der Waals surface area contributed by atoms with Gasteiger partial charge in [-0.1, -0.05) is 24.3 Å². The van der Waals surface area contributed by atoms with E-state index in [1.54, 1.807) is 28.7 Å². The van der Waals surface area contributed by atoms with E-state index in [1.807, 2.05) is 24.3 Å². The normalized spacial score (nSPS) is 10.6. The van der Waals surface area contributed by atoms with E-state index in [-0.39, 0.29) is 36.1 Å². The SMILES string of the molecule is N#Cc1c(-c2ccc(OCC(=O)NCCCO)cc2)c(C#N)c2nc3ccccc3n2c1N. The third kappa shape index (κ3) is 4.01. The molecule has 0 fully saturated rings. The predicted molar refractivity (Wildman–Crippen MR) is 122 cm³/mol. The Balaban J connectivity index is 1.71. The minimum absolute atomic E-state index is 0.00303. The highest BCUT2D eigenvalue weighted by atomic mass is 16.5. The zero-order valence-electron chi connectivity index (χ0n) is 17.6. The standard InChI is InChI=1S/C24H20N6O3/c25-12-17-22(15-6-8-16(9-7-15)33-14-21(32)28-10-3-11-31)18(13-26)24-29-19-4-1-2-5-20(19)30(24)23(17)27/h1-2,4-9,31H,3,10-11,14,27H2,(H,28,32). The third-order valence-electron chi connectivity index (χ3n) is 5.18. The molecule has 4 rings (SSSR count). The fourth-order valence-corrected chi connectivity index (χ4v) is 3.65. The number of ether oxygens (including phenoxy) is 1. The fourth-order valence-electron chi connectivity index (χ4n) is 3.65. The molecular weight excluding hydrogens is 420 g/mol. The minimum Gasteiger partial charge on any atom is -0.484 e. The van der Waals surface area contributed by atoms with Gasteiger partial charge in [-0.2, -0.15) is 10.5 Å². The first-order valence-electron chi connectivity index (χ1n) is 10.2. The van der Waals surface area contributed by atoms with Crippen LogP contribution in [-0.4, -0.2) is 40.2 Å². The van der Waals surface area contributed by atoms with Crippen molar-refractivity contribution in [3.63, 3.8) is 0 Å². The number of benzene rings is 2. The first kappa shape index (κ1) is 21.6. The first-order chi connectivity index (χ1) is 16.1. The second kappa shape index (κ2) is 9.27. The molecule has 164 valence electrons. The predicted octanol–water partition coefficient (Wildman–Crippen LogP) is 2.36. The van der Waals surface area contributed by atoms with Crippen LogP contribution in [0.5, 0.6) is 5.75 Å². The van der Waals surface area contributed by atoms with E-state index in [9.17, 15) is 15.3 Å². The summed E-state index contributed by atoms with van der Waals surface area (Å²) in [6, 6.07) is 18.4. The number of hydrogen-bond acceptors (Lipinski definition) is 7. The van der Waals surface area contributed by atoms with Crippen LogP contribution >= 0.6 is 0 Å². The van der Waals surface area contributed by atoms with Crippen LogP contribution in [0.25, 0.3) is 27.8 Å². The topological polar surface area (TPSA) is 149 Å². The number of carbonyl (C=O) groups is 1. The lowest BCUT2D eigenvalue weighted by atomic mass is 9.96. The van der Waals surface area contributed by atoms with Crippen LogP contribution in [-0.2, 0) is 4.79 Å². The largest absolute Gasteiger partial charge is 0.484 e. The quantitative estimate of drug-likeness (QED) is 0.373. The number of nitrogens with two attached hydrogens (primary N) is 1. The number of aromatic nitrogens is 2. The molecule has 1 amide bonds. The first-order valence-corrected chi connectivity index (χ1v) is 10.2. The summed E-state index contributed by atoms with van der Waals surface area (Å²) in [6.07, 6.45) is 0.475. The molecule has 0 aliphatic heterocycles. The van der Waals surface area contributed by atoms with E-state index in [1.165, 1.54) is 0 Å². The monoisotopic (exact) mass is 440 g/mol. The lowest BCUT2D eigenvalue weighted by Gasteiger charge is -2.13. The number of nitriles is 2. The van der Waals surface area contributed by atoms with Gasteiger partial charge in [-0.3, -0.25) is 9.20 Å². The van der Waals surface area contributed by atoms with E-state index in [0.29, 0.717) is 46.5 Å². The summed E-state index contributed by atoms with van der Waals surface area (Å²) in [5.74, 6) is 0.361. The van der Waals surface area contributed by atoms with Crippen LogP contribution in [0.3, 0.4) is 0 Å². The molecule has 0 bridgehead atoms. The number of nitrogen functional groups attached to an aromatic ring is 1. The minimum atomic E-state index is -0.296. The zero-order valence-corrected chi connectivity index (χ0v) is 17.6. The molecular formula is C24H20N6O3. The number of amides is 1. The summed E-state index contributed by atoms with van der Waals surface area (Å²) in [5, 5.41) is 31.2. The smallest absolute Gasteiger partial charge is 0.257 e. The maximum absolute atomic E-state index is 11.8. The third-order valence-corrected chi connectivity index (χ3v) is 5.18. The molecule has 2 aromatic carbocycles. The Morgan fingerprint density at radius 3 is 2.55 bits per heavy atom. The number of nitrogens with one attached hydrogen (secondary N) is 1. The van der Waals surface area contributed by atoms with Gasteiger partial charge >= 0.3 is 0 Å². The Morgan fingerprint density at radius 1 is 1.12 bits per heavy atom. The lowest BCUT2D eigenvalue weighted by Crippen LogP contribution is -2.30. The molecule has 2 heterocycles. The molecule has 2 aromatic heterocycles. The summed E-state index contributed by atoms with van der Waals surface area (Å²) in [6.45, 7) is 0.207. The average Bonchev–Trinajstić information content (AvgIpc) is 3.23. The van der Waals surface area contributed by atoms with Crippen molar-refractivity contribution in [1.82, 2.24) is 14.7 Å². The van der Waals surface area contributed by atoms with Crippen molar-refractivity contribution in [2.75, 3.05) is 25.5 Å². The number of fused-ring (bicyclic) bond motifs is 3. The number of para-hydroxylation sites is 2. The van der Waals surface area contributed by atoms with Crippen LogP contribution < -0.4 is 15.8 Å². The summed E-state index contributed by atoms with van der Waals surface area (Å²) in [7, 11) is 0. The number of hydrogen-bond donors (Lipinski definition) is 3. The Kier molecular flexibility index (Phi) is 6.07. The van der Waals surface area contributed by atoms with Gasteiger partial charge in [0.1, 0.15) is 34.8 Å². The lowest BCUT2D eigenvalue weighted by molar-refractivity contribution is -0.123. The van der Waals surface area contributed by atoms with E-state index < -0.39 is 0 Å². The molecule has 0 spiro atoms. The van der Waals surface area contributed by atoms with E-state index in [0.717, 1.165) is 0 Å². The van der Waals surface area contributed by atoms with Crippen LogP contribution in [0.2, 0.25) is 0 Å². The molecule has 33 heavy (non-hydrogen) atoms. The molecule has 0 saturated carbocycles. The van der Waals surface area contributed by atoms with Gasteiger partial charge in [0.05, 0.1) is 11.0 Å². The second-order valence-corrected chi connectivity index (χ2v) is 7.23. The molecule has 0 atom stereocenters. The number of pyridine rings is 1. The van der Waals surface area contributed by atoms with Gasteiger partial charge in [0.2, 0.25) is 0 Å². The number of imidazole rings is 1. The van der Waals surface area contributed by atoms with Crippen molar-refractivity contribution in [1.29, 1.82) is 10.5 Å². The van der Waals surface area contributed by atoms with Gasteiger partial charge in [-0.05, 0) is 36.2 Å². The van der Waals surface area contributed by atoms with Crippen molar-refractivity contribution in [2.24, 2.45) is 0 Å². The highest BCUT2D eigenvalue weighted by molar-refractivity contribution is 5.92. The molecule has 4 aromatic rings. The summed E-state index contributed by atoms with van der Waals surface area (Å²) < 4.78 is 7.12. The average molecular weight is 440 g/mol. The van der Waals surface area contributed by atoms with Crippen LogP contribution in [0.1, 0.15) is 17.5 Å². The zero-order chi connectivity index (χ0) is 23.4. The Hall–Kier alpha value is -4.60. The highest BCUT2D eigenvalue weighted by Gasteiger charge is 2.22. The summed E-state index contributed by atoms with van der Waals surface area (Å²) >= 11 is 0. The van der Waals surface area contributed by atoms with Gasteiger partial charge in [0, 0.05) is 18.7 Å². The number of anilines is 1. The van der Waals surface area contributed by atoms with Crippen molar-refractivity contribution >= 4 is 28.4 Å². The van der Waals surface area contributed by atoms with Crippen LogP contribution in [0.15, 0.2) is 48.5 Å². The maximum Gasteiger partial charge on any atom is 0.257 e. The number of carbonyl (C=O) groups excluding carboxylic acids is 1. The molecule has 4 N–H and O–H groups in total. The Bertz CT molecular complexity index is 1430. The summed E-state index contributed by atoms with van der Waals surface area (Å²) in [4.78, 5) is 16.3. The van der Waals surface area contributed by atoms with Crippen molar-refractivity contribution in [3.05, 3.63) is 59.7 Å². The second-order valence-electron chi connectivity index (χ2n) is 7.23. The molecule has 0 unspecified atom stereocenters.